The highest BCUT2D eigenvalue weighted by atomic mass is 35.5. The number of aromatic nitrogens is 3. The van der Waals surface area contributed by atoms with Gasteiger partial charge in [0.05, 0.1) is 10.7 Å². The molecule has 0 fully saturated rings. The largest absolute Gasteiger partial charge is 0.393 e. The van der Waals surface area contributed by atoms with Crippen molar-refractivity contribution >= 4 is 62.7 Å². The number of rotatable bonds is 4. The van der Waals surface area contributed by atoms with Crippen LogP contribution in [-0.2, 0) is 0 Å². The topological polar surface area (TPSA) is 88.8 Å². The number of nitrogens with one attached hydrogen (secondary N) is 2. The van der Waals surface area contributed by atoms with Crippen molar-refractivity contribution in [2.45, 2.75) is 0 Å². The smallest absolute Gasteiger partial charge is 0.188 e. The van der Waals surface area contributed by atoms with Crippen molar-refractivity contribution in [3.8, 4) is 0 Å². The van der Waals surface area contributed by atoms with Crippen LogP contribution in [0.2, 0.25) is 10.0 Å². The van der Waals surface area contributed by atoms with E-state index in [1.54, 1.807) is 24.4 Å². The summed E-state index contributed by atoms with van der Waals surface area (Å²) in [4.78, 5) is 12.4. The van der Waals surface area contributed by atoms with E-state index < -0.39 is 0 Å². The maximum Gasteiger partial charge on any atom is 0.188 e. The lowest BCUT2D eigenvalue weighted by Gasteiger charge is -2.12. The average molecular weight is 353 g/mol. The van der Waals surface area contributed by atoms with Gasteiger partial charge in [-0.15, -0.1) is 11.3 Å². The van der Waals surface area contributed by atoms with Gasteiger partial charge in [0.25, 0.3) is 0 Å². The molecule has 112 valence electrons. The van der Waals surface area contributed by atoms with Crippen molar-refractivity contribution in [2.24, 2.45) is 0 Å². The molecule has 0 aliphatic carbocycles. The number of thiazole rings is 1. The third-order valence-electron chi connectivity index (χ3n) is 2.73. The van der Waals surface area contributed by atoms with Crippen LogP contribution in [0.5, 0.6) is 0 Å². The van der Waals surface area contributed by atoms with E-state index in [9.17, 15) is 0 Å². The Balaban J connectivity index is 1.88. The summed E-state index contributed by atoms with van der Waals surface area (Å²) in [6.07, 6.45) is 3.09. The zero-order chi connectivity index (χ0) is 15.5. The first-order chi connectivity index (χ1) is 10.6. The SMILES string of the molecule is Nc1c(Nc2nccs2)ncnc1Nc1ccc(Cl)cc1Cl. The summed E-state index contributed by atoms with van der Waals surface area (Å²) in [7, 11) is 0. The van der Waals surface area contributed by atoms with Gasteiger partial charge in [-0.25, -0.2) is 15.0 Å². The van der Waals surface area contributed by atoms with Gasteiger partial charge >= 0.3 is 0 Å². The van der Waals surface area contributed by atoms with Gasteiger partial charge in [0.2, 0.25) is 0 Å². The number of nitrogens with zero attached hydrogens (tertiary/aromatic N) is 3. The fourth-order valence-corrected chi connectivity index (χ4v) is 2.68. The van der Waals surface area contributed by atoms with Gasteiger partial charge in [-0.05, 0) is 18.2 Å². The second kappa shape index (κ2) is 6.35. The van der Waals surface area contributed by atoms with Crippen LogP contribution in [0, 0.1) is 0 Å². The normalized spacial score (nSPS) is 10.5. The molecule has 1 aromatic carbocycles. The van der Waals surface area contributed by atoms with Crippen LogP contribution in [0.3, 0.4) is 0 Å². The number of anilines is 5. The molecule has 22 heavy (non-hydrogen) atoms. The monoisotopic (exact) mass is 352 g/mol. The summed E-state index contributed by atoms with van der Waals surface area (Å²) in [5, 5.41) is 9.68. The number of nitrogen functional groups attached to an aromatic ring is 1. The summed E-state index contributed by atoms with van der Waals surface area (Å²) in [5.74, 6) is 0.913. The molecule has 6 nitrogen and oxygen atoms in total. The predicted octanol–water partition coefficient (Wildman–Crippen LogP) is 4.31. The minimum absolute atomic E-state index is 0.365. The van der Waals surface area contributed by atoms with E-state index in [4.69, 9.17) is 28.9 Å². The number of halogens is 2. The Hall–Kier alpha value is -2.09. The number of benzene rings is 1. The van der Waals surface area contributed by atoms with Crippen molar-refractivity contribution in [1.29, 1.82) is 0 Å². The highest BCUT2D eigenvalue weighted by molar-refractivity contribution is 7.13. The summed E-state index contributed by atoms with van der Waals surface area (Å²) in [6, 6.07) is 5.11. The molecule has 0 saturated heterocycles. The average Bonchev–Trinajstić information content (AvgIpc) is 2.99. The Morgan fingerprint density at radius 2 is 1.82 bits per heavy atom. The lowest BCUT2D eigenvalue weighted by Crippen LogP contribution is -2.05. The van der Waals surface area contributed by atoms with E-state index in [0.29, 0.717) is 38.2 Å². The van der Waals surface area contributed by atoms with E-state index in [-0.39, 0.29) is 0 Å². The minimum Gasteiger partial charge on any atom is -0.393 e. The first kappa shape index (κ1) is 14.8. The lowest BCUT2D eigenvalue weighted by molar-refractivity contribution is 1.17. The van der Waals surface area contributed by atoms with Gasteiger partial charge in [-0.3, -0.25) is 0 Å². The third-order valence-corrected chi connectivity index (χ3v) is 3.96. The molecule has 4 N–H and O–H groups in total. The van der Waals surface area contributed by atoms with Crippen LogP contribution in [0.25, 0.3) is 0 Å². The Morgan fingerprint density at radius 3 is 2.50 bits per heavy atom. The molecule has 0 aliphatic rings. The molecule has 3 aromatic rings. The van der Waals surface area contributed by atoms with E-state index in [1.807, 2.05) is 5.38 Å². The Bertz CT molecular complexity index is 793. The molecular weight excluding hydrogens is 343 g/mol. The highest BCUT2D eigenvalue weighted by Crippen LogP contribution is 2.32. The molecule has 0 atom stereocenters. The fourth-order valence-electron chi connectivity index (χ4n) is 1.70. The number of hydrogen-bond acceptors (Lipinski definition) is 7. The number of nitrogens with two attached hydrogens (primary N) is 1. The summed E-state index contributed by atoms with van der Waals surface area (Å²) >= 11 is 13.5. The Labute approximate surface area is 140 Å². The van der Waals surface area contributed by atoms with Gasteiger partial charge in [0.1, 0.15) is 12.0 Å². The molecule has 9 heteroatoms. The van der Waals surface area contributed by atoms with Gasteiger partial charge in [0, 0.05) is 16.6 Å². The van der Waals surface area contributed by atoms with E-state index >= 15 is 0 Å². The highest BCUT2D eigenvalue weighted by Gasteiger charge is 2.11. The lowest BCUT2D eigenvalue weighted by atomic mass is 10.3. The van der Waals surface area contributed by atoms with E-state index in [0.717, 1.165) is 0 Å². The molecule has 0 radical (unpaired) electrons. The molecule has 0 amide bonds. The van der Waals surface area contributed by atoms with Gasteiger partial charge in [0.15, 0.2) is 16.8 Å². The predicted molar refractivity (Wildman–Crippen MR) is 91.6 cm³/mol. The first-order valence-corrected chi connectivity index (χ1v) is 7.76. The second-order valence-electron chi connectivity index (χ2n) is 4.20. The van der Waals surface area contributed by atoms with Crippen LogP contribution < -0.4 is 16.4 Å². The van der Waals surface area contributed by atoms with Gasteiger partial charge in [-0.1, -0.05) is 23.2 Å². The van der Waals surface area contributed by atoms with Crippen molar-refractivity contribution in [1.82, 2.24) is 15.0 Å². The molecule has 3 rings (SSSR count). The van der Waals surface area contributed by atoms with Crippen LogP contribution >= 0.6 is 34.5 Å². The van der Waals surface area contributed by atoms with Crippen molar-refractivity contribution in [3.63, 3.8) is 0 Å². The summed E-state index contributed by atoms with van der Waals surface area (Å²) in [6.45, 7) is 0. The van der Waals surface area contributed by atoms with Gasteiger partial charge in [-0.2, -0.15) is 0 Å². The van der Waals surface area contributed by atoms with E-state index in [2.05, 4.69) is 25.6 Å². The summed E-state index contributed by atoms with van der Waals surface area (Å²) < 4.78 is 0. The molecule has 0 bridgehead atoms. The molecule has 0 aliphatic heterocycles. The maximum atomic E-state index is 6.13. The van der Waals surface area contributed by atoms with Crippen molar-refractivity contribution in [2.75, 3.05) is 16.4 Å². The third kappa shape index (κ3) is 3.22. The number of hydrogen-bond donors (Lipinski definition) is 3. The Morgan fingerprint density at radius 1 is 1.05 bits per heavy atom. The molecule has 0 saturated carbocycles. The molecule has 0 unspecified atom stereocenters. The maximum absolute atomic E-state index is 6.13. The first-order valence-electron chi connectivity index (χ1n) is 6.12. The quantitative estimate of drug-likeness (QED) is 0.648. The van der Waals surface area contributed by atoms with Crippen molar-refractivity contribution in [3.05, 3.63) is 46.1 Å². The van der Waals surface area contributed by atoms with Crippen LogP contribution in [0.1, 0.15) is 0 Å². The molecule has 2 heterocycles. The van der Waals surface area contributed by atoms with Crippen LogP contribution in [0.4, 0.5) is 28.1 Å². The van der Waals surface area contributed by atoms with Crippen LogP contribution in [-0.4, -0.2) is 15.0 Å². The second-order valence-corrected chi connectivity index (χ2v) is 5.93. The van der Waals surface area contributed by atoms with Crippen molar-refractivity contribution < 1.29 is 0 Å². The molecule has 0 spiro atoms. The molecule has 2 aromatic heterocycles. The standard InChI is InChI=1S/C13H10Cl2N6S/c14-7-1-2-9(8(15)5-7)20-11-10(16)12(19-6-18-11)21-13-17-3-4-22-13/h1-6H,16H2,(H2,17,18,19,20,21). The zero-order valence-corrected chi connectivity index (χ0v) is 13.4. The minimum atomic E-state index is 0.365. The van der Waals surface area contributed by atoms with E-state index in [1.165, 1.54) is 17.7 Å². The van der Waals surface area contributed by atoms with Crippen LogP contribution in [0.15, 0.2) is 36.1 Å². The Kier molecular flexibility index (Phi) is 4.28. The van der Waals surface area contributed by atoms with Gasteiger partial charge < -0.3 is 16.4 Å². The zero-order valence-electron chi connectivity index (χ0n) is 11.0. The molecular formula is C13H10Cl2N6S. The summed E-state index contributed by atoms with van der Waals surface area (Å²) in [5.41, 5.74) is 7.10. The fraction of sp³-hybridized carbons (Fsp3) is 0.